The number of amides is 2. The molecule has 1 fully saturated rings. The van der Waals surface area contributed by atoms with Crippen LogP contribution in [-0.4, -0.2) is 28.5 Å². The van der Waals surface area contributed by atoms with Crippen LogP contribution < -0.4 is 10.2 Å². The summed E-state index contributed by atoms with van der Waals surface area (Å²) in [6.45, 7) is 7.15. The summed E-state index contributed by atoms with van der Waals surface area (Å²) in [5.74, 6) is 0.864. The molecular weight excluding hydrogens is 392 g/mol. The van der Waals surface area contributed by atoms with Crippen LogP contribution >= 0.6 is 0 Å². The fraction of sp³-hybridized carbons (Fsp3) is 0.333. The van der Waals surface area contributed by atoms with E-state index in [0.29, 0.717) is 35.8 Å². The third-order valence-corrected chi connectivity index (χ3v) is 5.27. The Balaban J connectivity index is 1.46. The first-order chi connectivity index (χ1) is 14.8. The molecule has 0 aliphatic carbocycles. The average molecular weight is 418 g/mol. The number of hydrogen-bond donors (Lipinski definition) is 1. The second-order valence-electron chi connectivity index (χ2n) is 8.72. The fourth-order valence-corrected chi connectivity index (χ4v) is 3.50. The van der Waals surface area contributed by atoms with Gasteiger partial charge in [-0.1, -0.05) is 50.2 Å². The molecule has 4 rings (SSSR count). The normalized spacial score (nSPS) is 14.2. The summed E-state index contributed by atoms with van der Waals surface area (Å²) >= 11 is 0. The molecule has 2 aromatic carbocycles. The topological polar surface area (TPSA) is 88.3 Å². The molecule has 0 spiro atoms. The van der Waals surface area contributed by atoms with E-state index in [2.05, 4.69) is 15.5 Å². The highest BCUT2D eigenvalue weighted by atomic mass is 16.5. The SMILES string of the molecule is CC(C)(C)c1noc(-c2ccccc2C(=O)NCc2ccc(N3CCCC3=O)cc2)n1. The van der Waals surface area contributed by atoms with E-state index < -0.39 is 0 Å². The molecule has 2 amide bonds. The molecule has 1 saturated heterocycles. The van der Waals surface area contributed by atoms with E-state index in [-0.39, 0.29) is 17.2 Å². The monoisotopic (exact) mass is 418 g/mol. The van der Waals surface area contributed by atoms with Crippen molar-refractivity contribution in [2.45, 2.75) is 45.6 Å². The molecule has 0 radical (unpaired) electrons. The van der Waals surface area contributed by atoms with Gasteiger partial charge >= 0.3 is 0 Å². The van der Waals surface area contributed by atoms with E-state index in [9.17, 15) is 9.59 Å². The minimum absolute atomic E-state index is 0.160. The van der Waals surface area contributed by atoms with Crippen molar-refractivity contribution in [3.8, 4) is 11.5 Å². The van der Waals surface area contributed by atoms with Gasteiger partial charge in [0.1, 0.15) is 0 Å². The summed E-state index contributed by atoms with van der Waals surface area (Å²) in [7, 11) is 0. The number of nitrogens with zero attached hydrogens (tertiary/aromatic N) is 3. The number of anilines is 1. The molecule has 3 aromatic rings. The van der Waals surface area contributed by atoms with Crippen molar-refractivity contribution in [2.75, 3.05) is 11.4 Å². The second kappa shape index (κ2) is 8.34. The molecule has 31 heavy (non-hydrogen) atoms. The molecule has 0 unspecified atom stereocenters. The highest BCUT2D eigenvalue weighted by Crippen LogP contribution is 2.26. The van der Waals surface area contributed by atoms with E-state index in [1.165, 1.54) is 0 Å². The maximum atomic E-state index is 12.9. The van der Waals surface area contributed by atoms with Crippen LogP contribution in [0.15, 0.2) is 53.1 Å². The number of carbonyl (C=O) groups excluding carboxylic acids is 2. The Labute approximate surface area is 181 Å². The first-order valence-corrected chi connectivity index (χ1v) is 10.4. The molecule has 1 aliphatic heterocycles. The van der Waals surface area contributed by atoms with Crippen LogP contribution in [0.4, 0.5) is 5.69 Å². The molecular formula is C24H26N4O3. The molecule has 1 aromatic heterocycles. The van der Waals surface area contributed by atoms with Crippen molar-refractivity contribution in [1.29, 1.82) is 0 Å². The molecule has 0 bridgehead atoms. The minimum Gasteiger partial charge on any atom is -0.348 e. The lowest BCUT2D eigenvalue weighted by molar-refractivity contribution is -0.117. The maximum Gasteiger partial charge on any atom is 0.258 e. The van der Waals surface area contributed by atoms with Gasteiger partial charge in [-0.15, -0.1) is 0 Å². The number of nitrogens with one attached hydrogen (secondary N) is 1. The number of benzene rings is 2. The molecule has 7 nitrogen and oxygen atoms in total. The Hall–Kier alpha value is -3.48. The zero-order valence-corrected chi connectivity index (χ0v) is 18.0. The standard InChI is InChI=1S/C24H26N4O3/c1-24(2,3)23-26-22(31-27-23)19-8-5-4-7-18(19)21(30)25-15-16-10-12-17(13-11-16)28-14-6-9-20(28)29/h4-5,7-8,10-13H,6,9,14-15H2,1-3H3,(H,25,30). The van der Waals surface area contributed by atoms with Crippen LogP contribution in [0, 0.1) is 0 Å². The Kier molecular flexibility index (Phi) is 5.59. The highest BCUT2D eigenvalue weighted by molar-refractivity contribution is 6.00. The Morgan fingerprint density at radius 2 is 1.87 bits per heavy atom. The van der Waals surface area contributed by atoms with Crippen molar-refractivity contribution in [3.05, 3.63) is 65.5 Å². The minimum atomic E-state index is -0.245. The Bertz CT molecular complexity index is 1100. The fourth-order valence-electron chi connectivity index (χ4n) is 3.50. The van der Waals surface area contributed by atoms with Crippen molar-refractivity contribution >= 4 is 17.5 Å². The predicted octanol–water partition coefficient (Wildman–Crippen LogP) is 4.09. The number of carbonyl (C=O) groups is 2. The first kappa shape index (κ1) is 20.8. The van der Waals surface area contributed by atoms with Gasteiger partial charge in [0, 0.05) is 30.6 Å². The average Bonchev–Trinajstić information content (AvgIpc) is 3.42. The maximum absolute atomic E-state index is 12.9. The van der Waals surface area contributed by atoms with Gasteiger partial charge in [-0.05, 0) is 36.2 Å². The van der Waals surface area contributed by atoms with Crippen molar-refractivity contribution in [1.82, 2.24) is 15.5 Å². The van der Waals surface area contributed by atoms with Crippen LogP contribution in [0.1, 0.15) is 55.4 Å². The number of aromatic nitrogens is 2. The third kappa shape index (κ3) is 4.50. The molecule has 1 aliphatic rings. The van der Waals surface area contributed by atoms with Crippen molar-refractivity contribution in [2.24, 2.45) is 0 Å². The van der Waals surface area contributed by atoms with Gasteiger partial charge in [-0.25, -0.2) is 0 Å². The summed E-state index contributed by atoms with van der Waals surface area (Å²) < 4.78 is 5.43. The highest BCUT2D eigenvalue weighted by Gasteiger charge is 2.24. The van der Waals surface area contributed by atoms with Crippen molar-refractivity contribution in [3.63, 3.8) is 0 Å². The van der Waals surface area contributed by atoms with Crippen LogP contribution in [0.5, 0.6) is 0 Å². The van der Waals surface area contributed by atoms with E-state index >= 15 is 0 Å². The summed E-state index contributed by atoms with van der Waals surface area (Å²) in [4.78, 5) is 31.0. The second-order valence-corrected chi connectivity index (χ2v) is 8.72. The van der Waals surface area contributed by atoms with E-state index in [1.807, 2.05) is 51.1 Å². The lowest BCUT2D eigenvalue weighted by atomic mass is 9.96. The summed E-state index contributed by atoms with van der Waals surface area (Å²) in [5, 5.41) is 7.01. The van der Waals surface area contributed by atoms with Gasteiger partial charge in [0.05, 0.1) is 11.1 Å². The smallest absolute Gasteiger partial charge is 0.258 e. The zero-order chi connectivity index (χ0) is 22.0. The summed E-state index contributed by atoms with van der Waals surface area (Å²) in [6.07, 6.45) is 1.50. The van der Waals surface area contributed by atoms with Gasteiger partial charge < -0.3 is 14.7 Å². The largest absolute Gasteiger partial charge is 0.348 e. The quantitative estimate of drug-likeness (QED) is 0.674. The summed E-state index contributed by atoms with van der Waals surface area (Å²) in [6, 6.07) is 14.9. The number of hydrogen-bond acceptors (Lipinski definition) is 5. The van der Waals surface area contributed by atoms with Crippen molar-refractivity contribution < 1.29 is 14.1 Å². The van der Waals surface area contributed by atoms with Crippen LogP contribution in [0.2, 0.25) is 0 Å². The van der Waals surface area contributed by atoms with Gasteiger partial charge in [0.15, 0.2) is 5.82 Å². The van der Waals surface area contributed by atoms with E-state index in [1.54, 1.807) is 23.1 Å². The summed E-state index contributed by atoms with van der Waals surface area (Å²) in [5.41, 5.74) is 2.69. The molecule has 0 atom stereocenters. The number of rotatable bonds is 5. The van der Waals surface area contributed by atoms with Crippen LogP contribution in [0.3, 0.4) is 0 Å². The van der Waals surface area contributed by atoms with Crippen LogP contribution in [0.25, 0.3) is 11.5 Å². The molecule has 0 saturated carbocycles. The molecule has 1 N–H and O–H groups in total. The van der Waals surface area contributed by atoms with E-state index in [0.717, 1.165) is 24.2 Å². The van der Waals surface area contributed by atoms with E-state index in [4.69, 9.17) is 4.52 Å². The molecule has 160 valence electrons. The zero-order valence-electron chi connectivity index (χ0n) is 18.0. The van der Waals surface area contributed by atoms with Gasteiger partial charge in [0.2, 0.25) is 5.91 Å². The third-order valence-electron chi connectivity index (χ3n) is 5.27. The lowest BCUT2D eigenvalue weighted by Crippen LogP contribution is -2.24. The van der Waals surface area contributed by atoms with Gasteiger partial charge in [-0.2, -0.15) is 4.98 Å². The van der Waals surface area contributed by atoms with Gasteiger partial charge in [0.25, 0.3) is 11.8 Å². The molecule has 2 heterocycles. The Morgan fingerprint density at radius 3 is 2.52 bits per heavy atom. The predicted molar refractivity (Wildman–Crippen MR) is 118 cm³/mol. The Morgan fingerprint density at radius 1 is 1.13 bits per heavy atom. The molecule has 7 heteroatoms. The van der Waals surface area contributed by atoms with Gasteiger partial charge in [-0.3, -0.25) is 9.59 Å². The van der Waals surface area contributed by atoms with Crippen LogP contribution in [-0.2, 0) is 16.8 Å². The first-order valence-electron chi connectivity index (χ1n) is 10.4. The lowest BCUT2D eigenvalue weighted by Gasteiger charge is -2.16.